The van der Waals surface area contributed by atoms with Crippen molar-refractivity contribution in [1.29, 1.82) is 0 Å². The van der Waals surface area contributed by atoms with Crippen molar-refractivity contribution in [2.75, 3.05) is 7.11 Å². The molecule has 0 spiro atoms. The van der Waals surface area contributed by atoms with E-state index in [1.165, 1.54) is 7.11 Å². The van der Waals surface area contributed by atoms with E-state index in [0.717, 1.165) is 24.3 Å². The predicted octanol–water partition coefficient (Wildman–Crippen LogP) is 1.47. The van der Waals surface area contributed by atoms with E-state index in [9.17, 15) is 13.6 Å². The highest BCUT2D eigenvalue weighted by Crippen LogP contribution is 2.26. The van der Waals surface area contributed by atoms with E-state index in [4.69, 9.17) is 5.73 Å². The van der Waals surface area contributed by atoms with Crippen LogP contribution in [0.4, 0.5) is 8.78 Å². The van der Waals surface area contributed by atoms with Crippen LogP contribution in [0.15, 0.2) is 18.2 Å². The number of benzene rings is 1. The first-order valence-electron chi connectivity index (χ1n) is 4.05. The van der Waals surface area contributed by atoms with Gasteiger partial charge in [0.1, 0.15) is 5.82 Å². The number of carbonyl (C=O) groups excluding carboxylic acids is 1. The van der Waals surface area contributed by atoms with Crippen LogP contribution < -0.4 is 10.5 Å². The van der Waals surface area contributed by atoms with E-state index >= 15 is 0 Å². The molecule has 1 aromatic rings. The molecular weight excluding hydrogens is 204 g/mol. The minimum atomic E-state index is -0.749. The summed E-state index contributed by atoms with van der Waals surface area (Å²) in [5, 5.41) is 0. The van der Waals surface area contributed by atoms with Gasteiger partial charge in [-0.05, 0) is 18.2 Å². The number of amides is 1. The standard InChI is InChI=1S/C10H9F2NO2/c1-15-10-6(2-5-9(13)14)7(11)3-4-8(10)12/h2-5H,1H3,(H2,13,14)/b5-2+. The van der Waals surface area contributed by atoms with Gasteiger partial charge in [-0.3, -0.25) is 4.79 Å². The van der Waals surface area contributed by atoms with Crippen molar-refractivity contribution in [2.24, 2.45) is 5.73 Å². The Labute approximate surface area is 85.1 Å². The van der Waals surface area contributed by atoms with Gasteiger partial charge in [0.15, 0.2) is 11.6 Å². The lowest BCUT2D eigenvalue weighted by atomic mass is 10.1. The van der Waals surface area contributed by atoms with Crippen LogP contribution in [-0.2, 0) is 4.79 Å². The molecule has 80 valence electrons. The average molecular weight is 213 g/mol. The molecule has 15 heavy (non-hydrogen) atoms. The summed E-state index contributed by atoms with van der Waals surface area (Å²) in [5.41, 5.74) is 4.69. The lowest BCUT2D eigenvalue weighted by Crippen LogP contribution is -2.05. The predicted molar refractivity (Wildman–Crippen MR) is 51.1 cm³/mol. The minimum Gasteiger partial charge on any atom is -0.493 e. The van der Waals surface area contributed by atoms with Crippen LogP contribution in [0.25, 0.3) is 6.08 Å². The molecule has 1 aromatic carbocycles. The monoisotopic (exact) mass is 213 g/mol. The summed E-state index contributed by atoms with van der Waals surface area (Å²) in [4.78, 5) is 10.4. The molecule has 0 saturated carbocycles. The fourth-order valence-corrected chi connectivity index (χ4v) is 1.08. The molecule has 1 rings (SSSR count). The van der Waals surface area contributed by atoms with Gasteiger partial charge in [-0.15, -0.1) is 0 Å². The second kappa shape index (κ2) is 4.54. The van der Waals surface area contributed by atoms with Gasteiger partial charge in [0, 0.05) is 6.08 Å². The summed E-state index contributed by atoms with van der Waals surface area (Å²) in [6.07, 6.45) is 2.00. The molecule has 0 unspecified atom stereocenters. The van der Waals surface area contributed by atoms with Gasteiger partial charge < -0.3 is 10.5 Å². The number of methoxy groups -OCH3 is 1. The molecule has 0 radical (unpaired) electrons. The normalized spacial score (nSPS) is 10.6. The van der Waals surface area contributed by atoms with Gasteiger partial charge in [-0.25, -0.2) is 8.78 Å². The van der Waals surface area contributed by atoms with Crippen molar-refractivity contribution >= 4 is 12.0 Å². The molecule has 0 aliphatic carbocycles. The minimum absolute atomic E-state index is 0.142. The quantitative estimate of drug-likeness (QED) is 0.773. The molecule has 0 aromatic heterocycles. The van der Waals surface area contributed by atoms with Crippen molar-refractivity contribution in [3.63, 3.8) is 0 Å². The molecule has 0 saturated heterocycles. The maximum absolute atomic E-state index is 13.2. The topological polar surface area (TPSA) is 52.3 Å². The molecule has 0 heterocycles. The number of rotatable bonds is 3. The highest BCUT2D eigenvalue weighted by Gasteiger charge is 2.11. The highest BCUT2D eigenvalue weighted by molar-refractivity contribution is 5.90. The van der Waals surface area contributed by atoms with E-state index < -0.39 is 17.5 Å². The average Bonchev–Trinajstić information content (AvgIpc) is 2.19. The number of hydrogen-bond donors (Lipinski definition) is 1. The zero-order valence-electron chi connectivity index (χ0n) is 7.96. The van der Waals surface area contributed by atoms with E-state index in [0.29, 0.717) is 0 Å². The molecule has 0 fully saturated rings. The summed E-state index contributed by atoms with van der Waals surface area (Å²) in [7, 11) is 1.21. The molecular formula is C10H9F2NO2. The number of carbonyl (C=O) groups is 1. The summed E-state index contributed by atoms with van der Waals surface area (Å²) in [5.74, 6) is -2.40. The fourth-order valence-electron chi connectivity index (χ4n) is 1.08. The Balaban J connectivity index is 3.25. The molecule has 1 amide bonds. The fraction of sp³-hybridized carbons (Fsp3) is 0.100. The van der Waals surface area contributed by atoms with Crippen LogP contribution in [0.5, 0.6) is 5.75 Å². The first-order valence-corrected chi connectivity index (χ1v) is 4.05. The maximum atomic E-state index is 13.2. The first-order chi connectivity index (χ1) is 7.06. The third-order valence-electron chi connectivity index (χ3n) is 1.71. The van der Waals surface area contributed by atoms with Gasteiger partial charge in [-0.2, -0.15) is 0 Å². The van der Waals surface area contributed by atoms with Crippen molar-refractivity contribution in [2.45, 2.75) is 0 Å². The largest absolute Gasteiger partial charge is 0.493 e. The second-order valence-electron chi connectivity index (χ2n) is 2.71. The molecule has 5 heteroatoms. The number of halogens is 2. The highest BCUT2D eigenvalue weighted by atomic mass is 19.1. The second-order valence-corrected chi connectivity index (χ2v) is 2.71. The van der Waals surface area contributed by atoms with Crippen LogP contribution in [0.1, 0.15) is 5.56 Å². The van der Waals surface area contributed by atoms with Crippen LogP contribution in [-0.4, -0.2) is 13.0 Å². The Morgan fingerprint density at radius 2 is 2.00 bits per heavy atom. The van der Waals surface area contributed by atoms with Crippen LogP contribution in [0.2, 0.25) is 0 Å². The van der Waals surface area contributed by atoms with Crippen molar-refractivity contribution < 1.29 is 18.3 Å². The number of nitrogens with two attached hydrogens (primary N) is 1. The van der Waals surface area contributed by atoms with Crippen LogP contribution in [0.3, 0.4) is 0 Å². The third kappa shape index (κ3) is 2.52. The summed E-state index contributed by atoms with van der Waals surface area (Å²) in [6, 6.07) is 1.88. The summed E-state index contributed by atoms with van der Waals surface area (Å²) in [6.45, 7) is 0. The Morgan fingerprint density at radius 3 is 2.53 bits per heavy atom. The molecule has 0 atom stereocenters. The zero-order valence-corrected chi connectivity index (χ0v) is 7.96. The Hall–Kier alpha value is -1.91. The Bertz CT molecular complexity index is 416. The van der Waals surface area contributed by atoms with Crippen molar-refractivity contribution in [3.8, 4) is 5.75 Å². The van der Waals surface area contributed by atoms with Gasteiger partial charge in [0.25, 0.3) is 0 Å². The molecule has 3 nitrogen and oxygen atoms in total. The SMILES string of the molecule is COc1c(F)ccc(F)c1/C=C/C(N)=O. The lowest BCUT2D eigenvalue weighted by molar-refractivity contribution is -0.113. The smallest absolute Gasteiger partial charge is 0.241 e. The van der Waals surface area contributed by atoms with E-state index in [-0.39, 0.29) is 11.3 Å². The molecule has 0 bridgehead atoms. The van der Waals surface area contributed by atoms with E-state index in [1.807, 2.05) is 0 Å². The molecule has 2 N–H and O–H groups in total. The number of primary amides is 1. The van der Waals surface area contributed by atoms with Crippen LogP contribution in [0, 0.1) is 11.6 Å². The van der Waals surface area contributed by atoms with Gasteiger partial charge in [0.05, 0.1) is 12.7 Å². The zero-order chi connectivity index (χ0) is 11.4. The number of ether oxygens (including phenoxy) is 1. The summed E-state index contributed by atoms with van der Waals surface area (Å²) >= 11 is 0. The van der Waals surface area contributed by atoms with Crippen LogP contribution >= 0.6 is 0 Å². The van der Waals surface area contributed by atoms with Crippen molar-refractivity contribution in [3.05, 3.63) is 35.4 Å². The summed E-state index contributed by atoms with van der Waals surface area (Å²) < 4.78 is 31.0. The van der Waals surface area contributed by atoms with Gasteiger partial charge in [-0.1, -0.05) is 0 Å². The molecule has 0 aliphatic heterocycles. The third-order valence-corrected chi connectivity index (χ3v) is 1.71. The number of hydrogen-bond acceptors (Lipinski definition) is 2. The maximum Gasteiger partial charge on any atom is 0.241 e. The van der Waals surface area contributed by atoms with E-state index in [1.54, 1.807) is 0 Å². The molecule has 0 aliphatic rings. The van der Waals surface area contributed by atoms with E-state index in [2.05, 4.69) is 4.74 Å². The van der Waals surface area contributed by atoms with Gasteiger partial charge >= 0.3 is 0 Å². The first kappa shape index (κ1) is 11.2. The Morgan fingerprint density at radius 1 is 1.40 bits per heavy atom. The van der Waals surface area contributed by atoms with Gasteiger partial charge in [0.2, 0.25) is 5.91 Å². The van der Waals surface area contributed by atoms with Crippen molar-refractivity contribution in [1.82, 2.24) is 0 Å². The Kier molecular flexibility index (Phi) is 3.38. The lowest BCUT2D eigenvalue weighted by Gasteiger charge is -2.06.